The highest BCUT2D eigenvalue weighted by Gasteiger charge is 2.46. The van der Waals surface area contributed by atoms with Crippen LogP contribution in [0.3, 0.4) is 0 Å². The molecule has 0 atom stereocenters. The second-order valence-electron chi connectivity index (χ2n) is 4.38. The molecule has 3 nitrogen and oxygen atoms in total. The van der Waals surface area contributed by atoms with E-state index in [0.717, 1.165) is 23.7 Å². The van der Waals surface area contributed by atoms with Crippen molar-refractivity contribution in [1.29, 1.82) is 0 Å². The lowest BCUT2D eigenvalue weighted by molar-refractivity contribution is -0.125. The number of rotatable bonds is 3. The maximum absolute atomic E-state index is 12.2. The molecule has 1 aliphatic carbocycles. The van der Waals surface area contributed by atoms with Gasteiger partial charge in [-0.05, 0) is 47.0 Å². The van der Waals surface area contributed by atoms with Crippen molar-refractivity contribution in [2.45, 2.75) is 19.3 Å². The summed E-state index contributed by atoms with van der Waals surface area (Å²) in [6.07, 6.45) is 2.43. The van der Waals surface area contributed by atoms with Gasteiger partial charge >= 0.3 is 0 Å². The van der Waals surface area contributed by atoms with Gasteiger partial charge in [-0.1, -0.05) is 30.2 Å². The van der Waals surface area contributed by atoms with E-state index in [4.69, 9.17) is 29.6 Å². The topological polar surface area (TPSA) is 55.1 Å². The van der Waals surface area contributed by atoms with Crippen molar-refractivity contribution in [3.05, 3.63) is 27.7 Å². The molecule has 1 fully saturated rings. The van der Waals surface area contributed by atoms with Gasteiger partial charge in [0.25, 0.3) is 0 Å². The van der Waals surface area contributed by atoms with Crippen molar-refractivity contribution in [2.24, 2.45) is 11.1 Å². The molecule has 1 aromatic carbocycles. The molecule has 1 aromatic rings. The Balaban J connectivity index is 2.16. The maximum atomic E-state index is 12.2. The van der Waals surface area contributed by atoms with E-state index in [9.17, 15) is 4.79 Å². The van der Waals surface area contributed by atoms with Crippen LogP contribution in [0.5, 0.6) is 0 Å². The average molecular weight is 348 g/mol. The summed E-state index contributed by atoms with van der Waals surface area (Å²) in [5.41, 5.74) is 5.70. The monoisotopic (exact) mass is 346 g/mol. The molecule has 3 N–H and O–H groups in total. The van der Waals surface area contributed by atoms with Crippen LogP contribution in [0.4, 0.5) is 5.69 Å². The summed E-state index contributed by atoms with van der Waals surface area (Å²) in [7, 11) is 0. The molecular formula is C12H12BrClN2OS. The lowest BCUT2D eigenvalue weighted by atomic mass is 9.68. The Morgan fingerprint density at radius 1 is 1.50 bits per heavy atom. The number of nitrogens with one attached hydrogen (secondary N) is 1. The van der Waals surface area contributed by atoms with Crippen molar-refractivity contribution in [3.63, 3.8) is 0 Å². The minimum absolute atomic E-state index is 0.129. The fourth-order valence-corrected chi connectivity index (χ4v) is 2.73. The number of thiocarbonyl (C=S) groups is 1. The van der Waals surface area contributed by atoms with E-state index in [1.165, 1.54) is 0 Å². The second-order valence-corrected chi connectivity index (χ2v) is 6.08. The first-order valence-electron chi connectivity index (χ1n) is 5.52. The molecule has 2 rings (SSSR count). The predicted octanol–water partition coefficient (Wildman–Crippen LogP) is 3.50. The third kappa shape index (κ3) is 2.39. The van der Waals surface area contributed by atoms with Crippen LogP contribution in [0, 0.1) is 5.41 Å². The zero-order chi connectivity index (χ0) is 13.3. The zero-order valence-electron chi connectivity index (χ0n) is 9.50. The van der Waals surface area contributed by atoms with Gasteiger partial charge in [-0.2, -0.15) is 0 Å². The first-order chi connectivity index (χ1) is 8.45. The van der Waals surface area contributed by atoms with Crippen LogP contribution in [0.15, 0.2) is 22.7 Å². The highest BCUT2D eigenvalue weighted by Crippen LogP contribution is 2.42. The van der Waals surface area contributed by atoms with Crippen LogP contribution < -0.4 is 11.1 Å². The van der Waals surface area contributed by atoms with Crippen LogP contribution in [0.2, 0.25) is 5.02 Å². The summed E-state index contributed by atoms with van der Waals surface area (Å²) in [4.78, 5) is 12.5. The van der Waals surface area contributed by atoms with Gasteiger partial charge in [-0.25, -0.2) is 0 Å². The fraction of sp³-hybridized carbons (Fsp3) is 0.333. The number of carbonyl (C=O) groups excluding carboxylic acids is 1. The predicted molar refractivity (Wildman–Crippen MR) is 80.9 cm³/mol. The van der Waals surface area contributed by atoms with Gasteiger partial charge in [0.1, 0.15) is 0 Å². The van der Waals surface area contributed by atoms with Gasteiger partial charge in [0, 0.05) is 10.2 Å². The van der Waals surface area contributed by atoms with Gasteiger partial charge < -0.3 is 11.1 Å². The van der Waals surface area contributed by atoms with E-state index in [0.29, 0.717) is 10.7 Å². The minimum Gasteiger partial charge on any atom is -0.392 e. The molecule has 1 saturated carbocycles. The standard InChI is InChI=1S/C12H12BrClN2OS/c13-8-6-7(2-3-9(8)14)16-11(17)12(10(15)18)4-1-5-12/h2-3,6H,1,4-5H2,(H2,15,18)(H,16,17). The Morgan fingerprint density at radius 3 is 2.61 bits per heavy atom. The van der Waals surface area contributed by atoms with E-state index in [2.05, 4.69) is 21.2 Å². The van der Waals surface area contributed by atoms with E-state index < -0.39 is 5.41 Å². The Bertz CT molecular complexity index is 517. The summed E-state index contributed by atoms with van der Waals surface area (Å²) in [5.74, 6) is -0.129. The molecule has 0 saturated heterocycles. The second kappa shape index (κ2) is 5.15. The lowest BCUT2D eigenvalue weighted by Crippen LogP contribution is -2.50. The number of amides is 1. The molecule has 0 radical (unpaired) electrons. The van der Waals surface area contributed by atoms with Crippen molar-refractivity contribution >= 4 is 56.3 Å². The van der Waals surface area contributed by atoms with Crippen LogP contribution >= 0.6 is 39.7 Å². The average Bonchev–Trinajstić information content (AvgIpc) is 2.21. The SMILES string of the molecule is NC(=S)C1(C(=O)Nc2ccc(Cl)c(Br)c2)CCC1. The van der Waals surface area contributed by atoms with Crippen LogP contribution in [-0.2, 0) is 4.79 Å². The Morgan fingerprint density at radius 2 is 2.17 bits per heavy atom. The summed E-state index contributed by atoms with van der Waals surface area (Å²) in [5, 5.41) is 3.44. The molecule has 0 heterocycles. The summed E-state index contributed by atoms with van der Waals surface area (Å²) < 4.78 is 0.736. The van der Waals surface area contributed by atoms with Crippen molar-refractivity contribution in [1.82, 2.24) is 0 Å². The molecule has 0 bridgehead atoms. The van der Waals surface area contributed by atoms with E-state index in [-0.39, 0.29) is 10.9 Å². The third-order valence-electron chi connectivity index (χ3n) is 3.29. The van der Waals surface area contributed by atoms with E-state index in [1.807, 2.05) is 0 Å². The first kappa shape index (κ1) is 13.8. The van der Waals surface area contributed by atoms with Gasteiger partial charge in [-0.3, -0.25) is 4.79 Å². The van der Waals surface area contributed by atoms with Gasteiger partial charge in [0.2, 0.25) is 5.91 Å². The molecule has 18 heavy (non-hydrogen) atoms. The number of halogens is 2. The highest BCUT2D eigenvalue weighted by atomic mass is 79.9. The molecule has 0 aromatic heterocycles. The summed E-state index contributed by atoms with van der Waals surface area (Å²) in [6.45, 7) is 0. The number of nitrogens with two attached hydrogens (primary N) is 1. The van der Waals surface area contributed by atoms with Gasteiger partial charge in [0.15, 0.2) is 0 Å². The quantitative estimate of drug-likeness (QED) is 0.823. The fourth-order valence-electron chi connectivity index (χ4n) is 1.94. The molecule has 1 amide bonds. The van der Waals surface area contributed by atoms with E-state index in [1.54, 1.807) is 18.2 Å². The van der Waals surface area contributed by atoms with Crippen LogP contribution in [0.25, 0.3) is 0 Å². The van der Waals surface area contributed by atoms with Crippen LogP contribution in [0.1, 0.15) is 19.3 Å². The molecule has 0 spiro atoms. The molecule has 6 heteroatoms. The largest absolute Gasteiger partial charge is 0.392 e. The summed E-state index contributed by atoms with van der Waals surface area (Å²) >= 11 is 14.2. The maximum Gasteiger partial charge on any atom is 0.237 e. The smallest absolute Gasteiger partial charge is 0.237 e. The van der Waals surface area contributed by atoms with Crippen LogP contribution in [-0.4, -0.2) is 10.9 Å². The normalized spacial score (nSPS) is 16.8. The number of benzene rings is 1. The molecule has 0 aliphatic heterocycles. The first-order valence-corrected chi connectivity index (χ1v) is 7.10. The number of hydrogen-bond acceptors (Lipinski definition) is 2. The number of carbonyl (C=O) groups is 1. The Kier molecular flexibility index (Phi) is 3.94. The molecule has 96 valence electrons. The minimum atomic E-state index is -0.665. The molecule has 1 aliphatic rings. The lowest BCUT2D eigenvalue weighted by Gasteiger charge is -2.39. The summed E-state index contributed by atoms with van der Waals surface area (Å²) in [6, 6.07) is 5.22. The molecular weight excluding hydrogens is 336 g/mol. The van der Waals surface area contributed by atoms with Crippen molar-refractivity contribution in [2.75, 3.05) is 5.32 Å². The Labute approximate surface area is 124 Å². The zero-order valence-corrected chi connectivity index (χ0v) is 12.7. The number of anilines is 1. The Hall–Kier alpha value is -0.650. The van der Waals surface area contributed by atoms with Crippen molar-refractivity contribution in [3.8, 4) is 0 Å². The van der Waals surface area contributed by atoms with Gasteiger partial charge in [0.05, 0.1) is 15.4 Å². The number of hydrogen-bond donors (Lipinski definition) is 2. The van der Waals surface area contributed by atoms with E-state index >= 15 is 0 Å². The van der Waals surface area contributed by atoms with Gasteiger partial charge in [-0.15, -0.1) is 0 Å². The van der Waals surface area contributed by atoms with Crippen molar-refractivity contribution < 1.29 is 4.79 Å². The molecule has 0 unspecified atom stereocenters. The highest BCUT2D eigenvalue weighted by molar-refractivity contribution is 9.10. The third-order valence-corrected chi connectivity index (χ3v) is 4.90.